The summed E-state index contributed by atoms with van der Waals surface area (Å²) in [5.74, 6) is -1.08. The van der Waals surface area contributed by atoms with E-state index in [2.05, 4.69) is 0 Å². The molecule has 1 amide bonds. The first-order chi connectivity index (χ1) is 14.8. The highest BCUT2D eigenvalue weighted by Gasteiger charge is 2.43. The Kier molecular flexibility index (Phi) is 7.13. The Morgan fingerprint density at radius 2 is 1.71 bits per heavy atom. The monoisotopic (exact) mass is 422 g/mol. The summed E-state index contributed by atoms with van der Waals surface area (Å²) in [6, 6.07) is 15.3. The predicted molar refractivity (Wildman–Crippen MR) is 117 cm³/mol. The maximum absolute atomic E-state index is 13.4. The number of amides is 1. The number of likely N-dealkylation sites (tertiary alicyclic amines) is 1. The Labute approximate surface area is 183 Å². The Morgan fingerprint density at radius 3 is 2.29 bits per heavy atom. The molecule has 1 heterocycles. The molecule has 0 radical (unpaired) electrons. The smallest absolute Gasteiger partial charge is 0.295 e. The van der Waals surface area contributed by atoms with Crippen LogP contribution in [0.1, 0.15) is 37.4 Å². The van der Waals surface area contributed by atoms with E-state index in [-0.39, 0.29) is 11.7 Å². The van der Waals surface area contributed by atoms with E-state index in [1.54, 1.807) is 29.2 Å². The van der Waals surface area contributed by atoms with E-state index >= 15 is 0 Å². The molecule has 2 aromatic rings. The molecule has 1 atom stereocenters. The highest BCUT2D eigenvalue weighted by Crippen LogP contribution is 2.38. The van der Waals surface area contributed by atoms with Gasteiger partial charge in [-0.05, 0) is 37.1 Å². The maximum atomic E-state index is 13.4. The minimum atomic E-state index is -0.710. The lowest BCUT2D eigenvalue weighted by Crippen LogP contribution is -3.05. The SMILES string of the molecule is CC(C)Oc1ccc(/C([O-])=C2\C(=O)C(=O)N(CCC[NH+](C)C)C2c2ccccc2)cc1. The number of Topliss-reactive ketones (excluding diaryl/α,β-unsaturated/α-hetero) is 1. The molecule has 2 aromatic carbocycles. The number of quaternary nitrogens is 1. The summed E-state index contributed by atoms with van der Waals surface area (Å²) < 4.78 is 5.63. The zero-order chi connectivity index (χ0) is 22.5. The fraction of sp³-hybridized carbons (Fsp3) is 0.360. The van der Waals surface area contributed by atoms with Gasteiger partial charge in [0.1, 0.15) is 5.75 Å². The van der Waals surface area contributed by atoms with Gasteiger partial charge in [0, 0.05) is 18.5 Å². The predicted octanol–water partition coefficient (Wildman–Crippen LogP) is 1.23. The second kappa shape index (κ2) is 9.79. The molecule has 0 bridgehead atoms. The summed E-state index contributed by atoms with van der Waals surface area (Å²) in [5.41, 5.74) is 1.15. The average Bonchev–Trinajstić information content (AvgIpc) is 2.99. The number of ether oxygens (including phenoxy) is 1. The Hall–Kier alpha value is -3.12. The van der Waals surface area contributed by atoms with Crippen molar-refractivity contribution in [3.05, 3.63) is 71.3 Å². The quantitative estimate of drug-likeness (QED) is 0.395. The van der Waals surface area contributed by atoms with Gasteiger partial charge in [-0.15, -0.1) is 0 Å². The Balaban J connectivity index is 2.01. The molecule has 1 N–H and O–H groups in total. The van der Waals surface area contributed by atoms with Gasteiger partial charge >= 0.3 is 0 Å². The van der Waals surface area contributed by atoms with Crippen LogP contribution in [-0.2, 0) is 9.59 Å². The molecule has 1 saturated heterocycles. The van der Waals surface area contributed by atoms with E-state index in [4.69, 9.17) is 4.74 Å². The third-order valence-electron chi connectivity index (χ3n) is 5.21. The molecule has 1 aliphatic rings. The van der Waals surface area contributed by atoms with Crippen molar-refractivity contribution in [2.75, 3.05) is 27.2 Å². The fourth-order valence-electron chi connectivity index (χ4n) is 3.80. The molecule has 0 aliphatic carbocycles. The first-order valence-electron chi connectivity index (χ1n) is 10.7. The van der Waals surface area contributed by atoms with Crippen LogP contribution in [0.4, 0.5) is 0 Å². The van der Waals surface area contributed by atoms with Crippen molar-refractivity contribution in [1.82, 2.24) is 4.90 Å². The summed E-state index contributed by atoms with van der Waals surface area (Å²) >= 11 is 0. The van der Waals surface area contributed by atoms with E-state index < -0.39 is 23.5 Å². The summed E-state index contributed by atoms with van der Waals surface area (Å²) in [4.78, 5) is 28.6. The standard InChI is InChI=1S/C25H30N2O4/c1-17(2)31-20-13-11-19(12-14-20)23(28)21-22(18-9-6-5-7-10-18)27(25(30)24(21)29)16-8-15-26(3)4/h5-7,9-14,17,22,28H,8,15-16H2,1-4H3/b23-21+. The van der Waals surface area contributed by atoms with Gasteiger partial charge in [0.25, 0.3) is 5.91 Å². The third-order valence-corrected chi connectivity index (χ3v) is 5.21. The Bertz CT molecular complexity index is 949. The van der Waals surface area contributed by atoms with Crippen LogP contribution in [0.15, 0.2) is 60.2 Å². The molecule has 1 fully saturated rings. The highest BCUT2D eigenvalue weighted by atomic mass is 16.5. The molecule has 0 aromatic heterocycles. The van der Waals surface area contributed by atoms with Gasteiger partial charge in [0.15, 0.2) is 0 Å². The lowest BCUT2D eigenvalue weighted by Gasteiger charge is -2.27. The van der Waals surface area contributed by atoms with Crippen LogP contribution >= 0.6 is 0 Å². The number of ketones is 1. The number of carbonyl (C=O) groups excluding carboxylic acids is 2. The van der Waals surface area contributed by atoms with Crippen molar-refractivity contribution in [3.63, 3.8) is 0 Å². The van der Waals surface area contributed by atoms with Crippen LogP contribution in [0.5, 0.6) is 5.75 Å². The van der Waals surface area contributed by atoms with Crippen molar-refractivity contribution in [1.29, 1.82) is 0 Å². The molecular weight excluding hydrogens is 392 g/mol. The fourth-order valence-corrected chi connectivity index (χ4v) is 3.80. The number of carbonyl (C=O) groups is 2. The second-order valence-corrected chi connectivity index (χ2v) is 8.39. The van der Waals surface area contributed by atoms with Crippen molar-refractivity contribution in [3.8, 4) is 5.75 Å². The van der Waals surface area contributed by atoms with Crippen LogP contribution < -0.4 is 14.7 Å². The number of nitrogens with zero attached hydrogens (tertiary/aromatic N) is 1. The molecule has 6 nitrogen and oxygen atoms in total. The summed E-state index contributed by atoms with van der Waals surface area (Å²) in [6.07, 6.45) is 0.762. The van der Waals surface area contributed by atoms with Gasteiger partial charge in [-0.25, -0.2) is 0 Å². The minimum Gasteiger partial charge on any atom is -0.872 e. The van der Waals surface area contributed by atoms with Crippen LogP contribution in [-0.4, -0.2) is 49.9 Å². The van der Waals surface area contributed by atoms with Crippen molar-refractivity contribution >= 4 is 17.4 Å². The van der Waals surface area contributed by atoms with Gasteiger partial charge in [0.05, 0.1) is 32.8 Å². The molecule has 1 unspecified atom stereocenters. The number of benzene rings is 2. The van der Waals surface area contributed by atoms with Gasteiger partial charge in [0.2, 0.25) is 5.78 Å². The molecule has 0 saturated carbocycles. The maximum Gasteiger partial charge on any atom is 0.295 e. The molecule has 0 spiro atoms. The number of rotatable bonds is 8. The van der Waals surface area contributed by atoms with Crippen molar-refractivity contribution in [2.45, 2.75) is 32.4 Å². The minimum absolute atomic E-state index is 0.0185. The lowest BCUT2D eigenvalue weighted by molar-refractivity contribution is -0.858. The largest absolute Gasteiger partial charge is 0.872 e. The summed E-state index contributed by atoms with van der Waals surface area (Å²) in [7, 11) is 4.08. The van der Waals surface area contributed by atoms with E-state index in [1.807, 2.05) is 58.3 Å². The van der Waals surface area contributed by atoms with Crippen molar-refractivity contribution in [2.24, 2.45) is 0 Å². The zero-order valence-corrected chi connectivity index (χ0v) is 18.6. The lowest BCUT2D eigenvalue weighted by atomic mass is 9.95. The Morgan fingerprint density at radius 1 is 1.06 bits per heavy atom. The number of nitrogens with one attached hydrogen (secondary N) is 1. The molecule has 3 rings (SSSR count). The average molecular weight is 423 g/mol. The second-order valence-electron chi connectivity index (χ2n) is 8.39. The highest BCUT2D eigenvalue weighted by molar-refractivity contribution is 6.46. The molecule has 31 heavy (non-hydrogen) atoms. The molecule has 1 aliphatic heterocycles. The molecular formula is C25H30N2O4. The number of hydrogen-bond donors (Lipinski definition) is 1. The summed E-state index contributed by atoms with van der Waals surface area (Å²) in [6.45, 7) is 5.14. The van der Waals surface area contributed by atoms with Crippen LogP contribution in [0.25, 0.3) is 5.76 Å². The van der Waals surface area contributed by atoms with Crippen molar-refractivity contribution < 1.29 is 24.3 Å². The normalized spacial score (nSPS) is 18.3. The van der Waals surface area contributed by atoms with Crippen LogP contribution in [0.3, 0.4) is 0 Å². The van der Waals surface area contributed by atoms with E-state index in [9.17, 15) is 14.7 Å². The van der Waals surface area contributed by atoms with Crippen LogP contribution in [0, 0.1) is 0 Å². The molecule has 6 heteroatoms. The first kappa shape index (κ1) is 22.6. The summed E-state index contributed by atoms with van der Waals surface area (Å²) in [5, 5.41) is 13.4. The zero-order valence-electron chi connectivity index (χ0n) is 18.6. The third kappa shape index (κ3) is 5.14. The van der Waals surface area contributed by atoms with E-state index in [0.717, 1.165) is 18.5 Å². The van der Waals surface area contributed by atoms with E-state index in [1.165, 1.54) is 4.90 Å². The van der Waals surface area contributed by atoms with Crippen LogP contribution in [0.2, 0.25) is 0 Å². The van der Waals surface area contributed by atoms with Gasteiger partial charge < -0.3 is 19.6 Å². The van der Waals surface area contributed by atoms with Gasteiger partial charge in [-0.1, -0.05) is 48.2 Å². The number of hydrogen-bond acceptors (Lipinski definition) is 4. The van der Waals surface area contributed by atoms with Gasteiger partial charge in [-0.2, -0.15) is 0 Å². The first-order valence-corrected chi connectivity index (χ1v) is 10.7. The molecule has 164 valence electrons. The van der Waals surface area contributed by atoms with E-state index in [0.29, 0.717) is 17.9 Å². The topological polar surface area (TPSA) is 74.1 Å². The van der Waals surface area contributed by atoms with Gasteiger partial charge in [-0.3, -0.25) is 9.59 Å².